The van der Waals surface area contributed by atoms with Crippen LogP contribution in [-0.4, -0.2) is 23.4 Å². The Morgan fingerprint density at radius 3 is 2.10 bits per heavy atom. The van der Waals surface area contributed by atoms with Crippen molar-refractivity contribution in [3.05, 3.63) is 54.1 Å². The summed E-state index contributed by atoms with van der Waals surface area (Å²) in [5.41, 5.74) is 1.66. The lowest BCUT2D eigenvalue weighted by Crippen LogP contribution is -2.13. The van der Waals surface area contributed by atoms with Crippen LogP contribution in [0.5, 0.6) is 0 Å². The average molecular weight is 302 g/mol. The standard InChI is InChI=1S/C15H14N2O3S/c1-21-13-5-3-2-4-12(13)14(18)16-10-6-8-11(9-7-10)17-15(19)20/h2-9,17H,1H3,(H,16,18)(H,19,20). The predicted octanol–water partition coefficient (Wildman–Crippen LogP) is 3.75. The molecule has 0 heterocycles. The Morgan fingerprint density at radius 1 is 0.952 bits per heavy atom. The SMILES string of the molecule is CSc1ccccc1C(=O)Nc1ccc(NC(=O)O)cc1. The second-order valence-electron chi connectivity index (χ2n) is 4.16. The van der Waals surface area contributed by atoms with Gasteiger partial charge in [0.1, 0.15) is 0 Å². The van der Waals surface area contributed by atoms with Gasteiger partial charge >= 0.3 is 6.09 Å². The van der Waals surface area contributed by atoms with E-state index in [0.29, 0.717) is 16.9 Å². The molecule has 0 spiro atoms. The number of carbonyl (C=O) groups excluding carboxylic acids is 1. The molecule has 21 heavy (non-hydrogen) atoms. The Labute approximate surface area is 126 Å². The fourth-order valence-electron chi connectivity index (χ4n) is 1.79. The third-order valence-electron chi connectivity index (χ3n) is 2.75. The van der Waals surface area contributed by atoms with Crippen molar-refractivity contribution in [3.63, 3.8) is 0 Å². The molecule has 0 aliphatic carbocycles. The monoisotopic (exact) mass is 302 g/mol. The molecule has 0 saturated heterocycles. The number of hydrogen-bond acceptors (Lipinski definition) is 3. The van der Waals surface area contributed by atoms with E-state index in [-0.39, 0.29) is 5.91 Å². The Morgan fingerprint density at radius 2 is 1.52 bits per heavy atom. The minimum atomic E-state index is -1.12. The van der Waals surface area contributed by atoms with Crippen LogP contribution in [0.1, 0.15) is 10.4 Å². The highest BCUT2D eigenvalue weighted by Crippen LogP contribution is 2.21. The highest BCUT2D eigenvalue weighted by molar-refractivity contribution is 7.98. The van der Waals surface area contributed by atoms with Gasteiger partial charge in [0, 0.05) is 16.3 Å². The topological polar surface area (TPSA) is 78.4 Å². The minimum Gasteiger partial charge on any atom is -0.465 e. The molecule has 0 bridgehead atoms. The van der Waals surface area contributed by atoms with E-state index in [4.69, 9.17) is 5.11 Å². The number of amides is 2. The van der Waals surface area contributed by atoms with Crippen molar-refractivity contribution in [2.75, 3.05) is 16.9 Å². The smallest absolute Gasteiger partial charge is 0.409 e. The summed E-state index contributed by atoms with van der Waals surface area (Å²) >= 11 is 1.51. The molecular weight excluding hydrogens is 288 g/mol. The van der Waals surface area contributed by atoms with Crippen LogP contribution in [0.25, 0.3) is 0 Å². The highest BCUT2D eigenvalue weighted by Gasteiger charge is 2.10. The number of hydrogen-bond donors (Lipinski definition) is 3. The molecule has 2 rings (SSSR count). The fraction of sp³-hybridized carbons (Fsp3) is 0.0667. The van der Waals surface area contributed by atoms with E-state index < -0.39 is 6.09 Å². The molecule has 5 nitrogen and oxygen atoms in total. The van der Waals surface area contributed by atoms with Gasteiger partial charge in [0.2, 0.25) is 0 Å². The highest BCUT2D eigenvalue weighted by atomic mass is 32.2. The third kappa shape index (κ3) is 4.00. The maximum absolute atomic E-state index is 12.2. The Hall–Kier alpha value is -2.47. The fourth-order valence-corrected chi connectivity index (χ4v) is 2.39. The van der Waals surface area contributed by atoms with E-state index in [9.17, 15) is 9.59 Å². The van der Waals surface area contributed by atoms with Crippen molar-refractivity contribution in [2.45, 2.75) is 4.90 Å². The second-order valence-corrected chi connectivity index (χ2v) is 5.01. The van der Waals surface area contributed by atoms with E-state index in [1.807, 2.05) is 24.5 Å². The first kappa shape index (κ1) is 14.9. The normalized spacial score (nSPS) is 9.95. The van der Waals surface area contributed by atoms with Crippen molar-refractivity contribution < 1.29 is 14.7 Å². The maximum atomic E-state index is 12.2. The molecular formula is C15H14N2O3S. The number of carbonyl (C=O) groups is 2. The van der Waals surface area contributed by atoms with Gasteiger partial charge in [0.15, 0.2) is 0 Å². The predicted molar refractivity (Wildman–Crippen MR) is 84.3 cm³/mol. The number of nitrogens with one attached hydrogen (secondary N) is 2. The van der Waals surface area contributed by atoms with Gasteiger partial charge in [0.05, 0.1) is 5.56 Å². The van der Waals surface area contributed by atoms with Crippen molar-refractivity contribution in [1.82, 2.24) is 0 Å². The van der Waals surface area contributed by atoms with Gasteiger partial charge in [-0.3, -0.25) is 10.1 Å². The summed E-state index contributed by atoms with van der Waals surface area (Å²) < 4.78 is 0. The lowest BCUT2D eigenvalue weighted by atomic mass is 10.2. The Bertz CT molecular complexity index is 656. The van der Waals surface area contributed by atoms with Crippen molar-refractivity contribution in [2.24, 2.45) is 0 Å². The number of benzene rings is 2. The molecule has 6 heteroatoms. The molecule has 0 atom stereocenters. The summed E-state index contributed by atoms with van der Waals surface area (Å²) in [7, 11) is 0. The molecule has 0 radical (unpaired) electrons. The van der Waals surface area contributed by atoms with Crippen LogP contribution in [0.4, 0.5) is 16.2 Å². The first-order valence-corrected chi connectivity index (χ1v) is 7.37. The van der Waals surface area contributed by atoms with Gasteiger partial charge in [-0.15, -0.1) is 11.8 Å². The molecule has 2 aromatic rings. The summed E-state index contributed by atoms with van der Waals surface area (Å²) in [4.78, 5) is 23.6. The van der Waals surface area contributed by atoms with Crippen LogP contribution in [0.3, 0.4) is 0 Å². The van der Waals surface area contributed by atoms with Gasteiger partial charge in [-0.05, 0) is 42.7 Å². The van der Waals surface area contributed by atoms with Gasteiger partial charge < -0.3 is 10.4 Å². The van der Waals surface area contributed by atoms with Crippen molar-refractivity contribution in [1.29, 1.82) is 0 Å². The zero-order valence-corrected chi connectivity index (χ0v) is 12.1. The van der Waals surface area contributed by atoms with Crippen LogP contribution >= 0.6 is 11.8 Å². The van der Waals surface area contributed by atoms with E-state index >= 15 is 0 Å². The summed E-state index contributed by atoms with van der Waals surface area (Å²) in [6.45, 7) is 0. The Kier molecular flexibility index (Phi) is 4.84. The average Bonchev–Trinajstić information content (AvgIpc) is 2.48. The first-order valence-electron chi connectivity index (χ1n) is 6.14. The van der Waals surface area contributed by atoms with Crippen molar-refractivity contribution >= 4 is 35.1 Å². The van der Waals surface area contributed by atoms with E-state index in [0.717, 1.165) is 4.90 Å². The molecule has 0 aliphatic rings. The van der Waals surface area contributed by atoms with E-state index in [1.54, 1.807) is 30.3 Å². The molecule has 3 N–H and O–H groups in total. The minimum absolute atomic E-state index is 0.195. The van der Waals surface area contributed by atoms with Gasteiger partial charge in [-0.2, -0.15) is 0 Å². The largest absolute Gasteiger partial charge is 0.465 e. The number of thioether (sulfide) groups is 1. The summed E-state index contributed by atoms with van der Waals surface area (Å²) in [6.07, 6.45) is 0.791. The van der Waals surface area contributed by atoms with Gasteiger partial charge in [-0.1, -0.05) is 12.1 Å². The summed E-state index contributed by atoms with van der Waals surface area (Å²) in [5.74, 6) is -0.195. The van der Waals surface area contributed by atoms with Crippen LogP contribution in [0, 0.1) is 0 Å². The van der Waals surface area contributed by atoms with Crippen molar-refractivity contribution in [3.8, 4) is 0 Å². The van der Waals surface area contributed by atoms with Gasteiger partial charge in [-0.25, -0.2) is 4.79 Å². The molecule has 2 aromatic carbocycles. The zero-order valence-electron chi connectivity index (χ0n) is 11.3. The molecule has 0 aliphatic heterocycles. The van der Waals surface area contributed by atoms with Crippen LogP contribution in [0.2, 0.25) is 0 Å². The number of carboxylic acid groups (broad SMARTS) is 1. The quantitative estimate of drug-likeness (QED) is 0.752. The molecule has 0 unspecified atom stereocenters. The summed E-state index contributed by atoms with van der Waals surface area (Å²) in [6, 6.07) is 13.8. The Balaban J connectivity index is 2.10. The zero-order chi connectivity index (χ0) is 15.2. The number of rotatable bonds is 4. The second kappa shape index (κ2) is 6.81. The van der Waals surface area contributed by atoms with Gasteiger partial charge in [0.25, 0.3) is 5.91 Å². The lowest BCUT2D eigenvalue weighted by molar-refractivity contribution is 0.102. The number of anilines is 2. The molecule has 0 fully saturated rings. The molecule has 2 amide bonds. The molecule has 0 aromatic heterocycles. The third-order valence-corrected chi connectivity index (χ3v) is 3.54. The first-order chi connectivity index (χ1) is 10.1. The van der Waals surface area contributed by atoms with E-state index in [2.05, 4.69) is 10.6 Å². The lowest BCUT2D eigenvalue weighted by Gasteiger charge is -2.09. The van der Waals surface area contributed by atoms with Crippen LogP contribution < -0.4 is 10.6 Å². The van der Waals surface area contributed by atoms with E-state index in [1.165, 1.54) is 11.8 Å². The molecule has 108 valence electrons. The maximum Gasteiger partial charge on any atom is 0.409 e. The summed E-state index contributed by atoms with van der Waals surface area (Å²) in [5, 5.41) is 13.6. The van der Waals surface area contributed by atoms with Crippen LogP contribution in [0.15, 0.2) is 53.4 Å². The molecule has 0 saturated carbocycles. The van der Waals surface area contributed by atoms with Crippen LogP contribution in [-0.2, 0) is 0 Å².